The van der Waals surface area contributed by atoms with Crippen LogP contribution in [0.5, 0.6) is 0 Å². The maximum absolute atomic E-state index is 13.1. The van der Waals surface area contributed by atoms with Crippen LogP contribution in [0.2, 0.25) is 0 Å². The van der Waals surface area contributed by atoms with E-state index in [0.717, 1.165) is 48.3 Å². The van der Waals surface area contributed by atoms with Crippen molar-refractivity contribution >= 4 is 45.9 Å². The molecule has 3 aromatic rings. The average Bonchev–Trinajstić information content (AvgIpc) is 3.47. The predicted octanol–water partition coefficient (Wildman–Crippen LogP) is 5.43. The number of thiophene rings is 1. The van der Waals surface area contributed by atoms with E-state index >= 15 is 0 Å². The zero-order valence-corrected chi connectivity index (χ0v) is 22.2. The van der Waals surface area contributed by atoms with Crippen molar-refractivity contribution in [1.29, 1.82) is 0 Å². The summed E-state index contributed by atoms with van der Waals surface area (Å²) in [5.41, 5.74) is 2.40. The van der Waals surface area contributed by atoms with Gasteiger partial charge in [0.1, 0.15) is 11.9 Å². The van der Waals surface area contributed by atoms with Gasteiger partial charge in [0.05, 0.1) is 11.0 Å². The highest BCUT2D eigenvalue weighted by Crippen LogP contribution is 2.28. The van der Waals surface area contributed by atoms with E-state index in [0.29, 0.717) is 24.6 Å². The van der Waals surface area contributed by atoms with Crippen molar-refractivity contribution < 1.29 is 9.59 Å². The van der Waals surface area contributed by atoms with Crippen molar-refractivity contribution in [3.63, 3.8) is 0 Å². The molecular weight excluding hydrogens is 464 g/mol. The average molecular weight is 501 g/mol. The first-order chi connectivity index (χ1) is 16.5. The number of carbonyl (C=O) groups excluding carboxylic acids is 2. The number of nitrogens with zero attached hydrogens (tertiary/aromatic N) is 2. The molecule has 1 atom stereocenters. The lowest BCUT2D eigenvalue weighted by Crippen LogP contribution is -2.47. The Kier molecular flexibility index (Phi) is 10.0. The zero-order chi connectivity index (χ0) is 24.5. The highest BCUT2D eigenvalue weighted by molar-refractivity contribution is 7.98. The van der Waals surface area contributed by atoms with Crippen LogP contribution < -0.4 is 10.6 Å². The maximum Gasteiger partial charge on any atom is 0.252 e. The summed E-state index contributed by atoms with van der Waals surface area (Å²) < 4.78 is 2.34. The molecule has 2 amide bonds. The van der Waals surface area contributed by atoms with Crippen molar-refractivity contribution in [1.82, 2.24) is 20.2 Å². The molecule has 0 saturated carbocycles. The lowest BCUT2D eigenvalue weighted by molar-refractivity contribution is -0.123. The minimum atomic E-state index is -0.536. The Balaban J connectivity index is 1.86. The van der Waals surface area contributed by atoms with E-state index in [1.165, 1.54) is 4.88 Å². The molecule has 184 valence electrons. The third-order valence-corrected chi connectivity index (χ3v) is 7.54. The van der Waals surface area contributed by atoms with Crippen molar-refractivity contribution in [3.8, 4) is 0 Å². The molecule has 0 spiro atoms. The molecule has 8 heteroatoms. The van der Waals surface area contributed by atoms with E-state index in [1.54, 1.807) is 23.1 Å². The van der Waals surface area contributed by atoms with Crippen LogP contribution in [0, 0.1) is 0 Å². The van der Waals surface area contributed by atoms with Crippen LogP contribution in [0.3, 0.4) is 0 Å². The Morgan fingerprint density at radius 2 is 1.97 bits per heavy atom. The highest BCUT2D eigenvalue weighted by Gasteiger charge is 2.22. The molecule has 0 fully saturated rings. The van der Waals surface area contributed by atoms with E-state index in [4.69, 9.17) is 4.98 Å². The number of imidazole rings is 1. The van der Waals surface area contributed by atoms with Gasteiger partial charge in [-0.1, -0.05) is 33.3 Å². The van der Waals surface area contributed by atoms with Crippen molar-refractivity contribution in [2.24, 2.45) is 0 Å². The Morgan fingerprint density at radius 3 is 2.62 bits per heavy atom. The minimum Gasteiger partial charge on any atom is -0.353 e. The molecule has 0 aliphatic heterocycles. The van der Waals surface area contributed by atoms with Crippen LogP contribution in [0.15, 0.2) is 35.7 Å². The molecule has 34 heavy (non-hydrogen) atoms. The molecule has 6 nitrogen and oxygen atoms in total. The Hall–Kier alpha value is -2.32. The second-order valence-electron chi connectivity index (χ2n) is 8.43. The SMILES string of the molecule is CCC[C@H](NC(=O)c1ccc2c(c1)nc(Cc1cccs1)n2C(CC)CC)C(=O)NCCSC. The van der Waals surface area contributed by atoms with Gasteiger partial charge < -0.3 is 15.2 Å². The molecule has 0 aliphatic rings. The number of hydrogen-bond acceptors (Lipinski definition) is 5. The molecule has 0 bridgehead atoms. The van der Waals surface area contributed by atoms with Crippen molar-refractivity contribution in [3.05, 3.63) is 52.0 Å². The topological polar surface area (TPSA) is 76.0 Å². The largest absolute Gasteiger partial charge is 0.353 e. The second kappa shape index (κ2) is 13.0. The predicted molar refractivity (Wildman–Crippen MR) is 144 cm³/mol. The van der Waals surface area contributed by atoms with Gasteiger partial charge >= 0.3 is 0 Å². The molecular formula is C26H36N4O2S2. The summed E-state index contributed by atoms with van der Waals surface area (Å²) in [5.74, 6) is 1.52. The number of benzene rings is 1. The van der Waals surface area contributed by atoms with Crippen LogP contribution in [-0.2, 0) is 11.2 Å². The van der Waals surface area contributed by atoms with Gasteiger partial charge in [0.25, 0.3) is 5.91 Å². The maximum atomic E-state index is 13.1. The number of nitrogens with one attached hydrogen (secondary N) is 2. The van der Waals surface area contributed by atoms with Crippen molar-refractivity contribution in [2.45, 2.75) is 65.0 Å². The summed E-state index contributed by atoms with van der Waals surface area (Å²) in [6.07, 6.45) is 6.24. The fraction of sp³-hybridized carbons (Fsp3) is 0.500. The molecule has 2 heterocycles. The van der Waals surface area contributed by atoms with E-state index in [9.17, 15) is 9.59 Å². The first kappa shape index (κ1) is 26.3. The highest BCUT2D eigenvalue weighted by atomic mass is 32.2. The number of amides is 2. The number of fused-ring (bicyclic) bond motifs is 1. The monoisotopic (exact) mass is 500 g/mol. The van der Waals surface area contributed by atoms with Crippen LogP contribution in [0.1, 0.15) is 73.6 Å². The quantitative estimate of drug-likeness (QED) is 0.307. The third-order valence-electron chi connectivity index (χ3n) is 6.05. The van der Waals surface area contributed by atoms with Crippen LogP contribution >= 0.6 is 23.1 Å². The summed E-state index contributed by atoms with van der Waals surface area (Å²) in [6.45, 7) is 7.02. The smallest absolute Gasteiger partial charge is 0.252 e. The van der Waals surface area contributed by atoms with Gasteiger partial charge in [0.2, 0.25) is 5.91 Å². The van der Waals surface area contributed by atoms with Gasteiger partial charge in [-0.15, -0.1) is 11.3 Å². The molecule has 0 saturated heterocycles. The number of carbonyl (C=O) groups is 2. The van der Waals surface area contributed by atoms with Crippen LogP contribution in [0.25, 0.3) is 11.0 Å². The number of aromatic nitrogens is 2. The van der Waals surface area contributed by atoms with Crippen molar-refractivity contribution in [2.75, 3.05) is 18.6 Å². The van der Waals surface area contributed by atoms with Gasteiger partial charge in [0.15, 0.2) is 0 Å². The summed E-state index contributed by atoms with van der Waals surface area (Å²) in [4.78, 5) is 31.9. The van der Waals surface area contributed by atoms with Gasteiger partial charge in [-0.2, -0.15) is 11.8 Å². The molecule has 2 aromatic heterocycles. The van der Waals surface area contributed by atoms with Gasteiger partial charge in [-0.25, -0.2) is 4.98 Å². The first-order valence-electron chi connectivity index (χ1n) is 12.1. The van der Waals surface area contributed by atoms with E-state index < -0.39 is 6.04 Å². The van der Waals surface area contributed by atoms with Crippen LogP contribution in [-0.4, -0.2) is 46.0 Å². The van der Waals surface area contributed by atoms with E-state index in [-0.39, 0.29) is 11.8 Å². The fourth-order valence-electron chi connectivity index (χ4n) is 4.24. The lowest BCUT2D eigenvalue weighted by Gasteiger charge is -2.19. The second-order valence-corrected chi connectivity index (χ2v) is 10.4. The molecule has 1 aromatic carbocycles. The first-order valence-corrected chi connectivity index (χ1v) is 14.4. The summed E-state index contributed by atoms with van der Waals surface area (Å²) in [5, 5.41) is 7.95. The van der Waals surface area contributed by atoms with Gasteiger partial charge in [0, 0.05) is 35.2 Å². The fourth-order valence-corrected chi connectivity index (χ4v) is 5.25. The number of rotatable bonds is 13. The number of thioether (sulfide) groups is 1. The summed E-state index contributed by atoms with van der Waals surface area (Å²) >= 11 is 3.41. The summed E-state index contributed by atoms with van der Waals surface area (Å²) in [7, 11) is 0. The molecule has 3 rings (SSSR count). The van der Waals surface area contributed by atoms with E-state index in [2.05, 4.69) is 46.6 Å². The van der Waals surface area contributed by atoms with Gasteiger partial charge in [-0.05, 0) is 55.2 Å². The molecule has 2 N–H and O–H groups in total. The summed E-state index contributed by atoms with van der Waals surface area (Å²) in [6, 6.07) is 9.73. The zero-order valence-electron chi connectivity index (χ0n) is 20.6. The van der Waals surface area contributed by atoms with Gasteiger partial charge in [-0.3, -0.25) is 9.59 Å². The standard InChI is InChI=1S/C26H36N4O2S2/c1-5-9-21(26(32)27-13-15-33-4)29-25(31)18-11-12-23-22(16-18)28-24(17-20-10-8-14-34-20)30(23)19(6-2)7-3/h8,10-12,14,16,19,21H,5-7,9,13,15,17H2,1-4H3,(H,27,32)(H,29,31)/t21-/m0/s1. The Morgan fingerprint density at radius 1 is 1.18 bits per heavy atom. The van der Waals surface area contributed by atoms with E-state index in [1.807, 2.05) is 31.4 Å². The van der Waals surface area contributed by atoms with Crippen LogP contribution in [0.4, 0.5) is 0 Å². The minimum absolute atomic E-state index is 0.124. The molecule has 0 unspecified atom stereocenters. The Bertz CT molecular complexity index is 1070. The lowest BCUT2D eigenvalue weighted by atomic mass is 10.1. The third kappa shape index (κ3) is 6.42. The Labute approximate surface area is 210 Å². The molecule has 0 aliphatic carbocycles. The molecule has 0 radical (unpaired) electrons. The number of hydrogen-bond donors (Lipinski definition) is 2. The normalized spacial score (nSPS) is 12.3.